The lowest BCUT2D eigenvalue weighted by molar-refractivity contribution is -0.117. The van der Waals surface area contributed by atoms with Crippen LogP contribution in [0.4, 0.5) is 5.69 Å². The number of rotatable bonds is 5. The Balaban J connectivity index is 1.70. The molecular weight excluding hydrogens is 436 g/mol. The Bertz CT molecular complexity index is 1150. The lowest BCUT2D eigenvalue weighted by Gasteiger charge is -2.26. The van der Waals surface area contributed by atoms with Crippen molar-refractivity contribution in [2.75, 3.05) is 30.6 Å². The third kappa shape index (κ3) is 4.57. The Kier molecular flexibility index (Phi) is 5.98. The van der Waals surface area contributed by atoms with Crippen molar-refractivity contribution in [3.8, 4) is 11.5 Å². The van der Waals surface area contributed by atoms with Crippen LogP contribution in [0.5, 0.6) is 11.5 Å². The predicted octanol–water partition coefficient (Wildman–Crippen LogP) is 2.86. The maximum atomic E-state index is 12.8. The van der Waals surface area contributed by atoms with Crippen molar-refractivity contribution < 1.29 is 22.7 Å². The van der Waals surface area contributed by atoms with Crippen molar-refractivity contribution in [3.05, 3.63) is 53.6 Å². The quantitative estimate of drug-likeness (QED) is 0.678. The summed E-state index contributed by atoms with van der Waals surface area (Å²) in [6.07, 6.45) is 0.187. The maximum absolute atomic E-state index is 12.8. The highest BCUT2D eigenvalue weighted by Gasteiger charge is 2.50. The van der Waals surface area contributed by atoms with Gasteiger partial charge in [-0.1, -0.05) is 41.6 Å². The monoisotopic (exact) mass is 460 g/mol. The van der Waals surface area contributed by atoms with Gasteiger partial charge in [0.2, 0.25) is 0 Å². The van der Waals surface area contributed by atoms with E-state index in [0.29, 0.717) is 22.4 Å². The first-order valence-corrected chi connectivity index (χ1v) is 12.5. The minimum atomic E-state index is -3.15. The summed E-state index contributed by atoms with van der Waals surface area (Å²) in [5, 5.41) is 0.327. The summed E-state index contributed by atoms with van der Waals surface area (Å²) in [4.78, 5) is 19.0. The first-order valence-electron chi connectivity index (χ1n) is 9.85. The van der Waals surface area contributed by atoms with Crippen molar-refractivity contribution >= 4 is 38.4 Å². The van der Waals surface area contributed by atoms with E-state index in [1.165, 1.54) is 11.8 Å². The smallest absolute Gasteiger partial charge is 0.252 e. The lowest BCUT2D eigenvalue weighted by Crippen LogP contribution is -2.38. The molecule has 2 fully saturated rings. The van der Waals surface area contributed by atoms with Gasteiger partial charge in [0.1, 0.15) is 11.5 Å². The molecule has 2 atom stereocenters. The van der Waals surface area contributed by atoms with Crippen LogP contribution < -0.4 is 14.4 Å². The van der Waals surface area contributed by atoms with Crippen molar-refractivity contribution in [3.63, 3.8) is 0 Å². The number of anilines is 1. The third-order valence-corrected chi connectivity index (χ3v) is 8.58. The SMILES string of the molecule is COc1ccc(N2C(=NC(=O)Cc3cccc(C)c3)S[C@H]3CS(=O)(=O)C[C@H]32)c(OC)c1. The Morgan fingerprint density at radius 3 is 2.68 bits per heavy atom. The van der Waals surface area contributed by atoms with Gasteiger partial charge in [-0.05, 0) is 24.6 Å². The Morgan fingerprint density at radius 1 is 1.16 bits per heavy atom. The molecule has 2 aromatic carbocycles. The molecule has 0 N–H and O–H groups in total. The van der Waals surface area contributed by atoms with Crippen LogP contribution in [0.2, 0.25) is 0 Å². The van der Waals surface area contributed by atoms with Crippen molar-refractivity contribution in [1.82, 2.24) is 0 Å². The number of carbonyl (C=O) groups excluding carboxylic acids is 1. The van der Waals surface area contributed by atoms with E-state index in [4.69, 9.17) is 9.47 Å². The number of sulfone groups is 1. The third-order valence-electron chi connectivity index (χ3n) is 5.37. The molecule has 31 heavy (non-hydrogen) atoms. The van der Waals surface area contributed by atoms with Crippen LogP contribution in [-0.2, 0) is 21.1 Å². The van der Waals surface area contributed by atoms with E-state index in [-0.39, 0.29) is 35.1 Å². The average Bonchev–Trinajstić information content (AvgIpc) is 3.18. The molecule has 0 aliphatic carbocycles. The number of hydrogen-bond acceptors (Lipinski definition) is 6. The summed E-state index contributed by atoms with van der Waals surface area (Å²) in [7, 11) is -0.0402. The highest BCUT2D eigenvalue weighted by Crippen LogP contribution is 2.44. The molecule has 0 spiro atoms. The molecule has 1 amide bonds. The second kappa shape index (κ2) is 8.55. The largest absolute Gasteiger partial charge is 0.497 e. The molecule has 0 saturated carbocycles. The Labute approximate surface area is 186 Å². The number of amidine groups is 1. The molecule has 0 aromatic heterocycles. The summed E-state index contributed by atoms with van der Waals surface area (Å²) < 4.78 is 35.4. The molecule has 2 heterocycles. The average molecular weight is 461 g/mol. The van der Waals surface area contributed by atoms with Gasteiger partial charge in [0.25, 0.3) is 5.91 Å². The highest BCUT2D eigenvalue weighted by atomic mass is 32.2. The molecule has 4 rings (SSSR count). The number of ether oxygens (including phenoxy) is 2. The molecule has 2 saturated heterocycles. The first kappa shape index (κ1) is 21.7. The zero-order valence-corrected chi connectivity index (χ0v) is 19.2. The van der Waals surface area contributed by atoms with Gasteiger partial charge < -0.3 is 14.4 Å². The van der Waals surface area contributed by atoms with Gasteiger partial charge in [-0.3, -0.25) is 4.79 Å². The Morgan fingerprint density at radius 2 is 1.97 bits per heavy atom. The number of carbonyl (C=O) groups is 1. The zero-order chi connectivity index (χ0) is 22.2. The number of fused-ring (bicyclic) bond motifs is 1. The molecule has 164 valence electrons. The van der Waals surface area contributed by atoms with Crippen LogP contribution >= 0.6 is 11.8 Å². The second-order valence-corrected chi connectivity index (χ2v) is 11.0. The molecule has 2 aliphatic heterocycles. The molecule has 7 nitrogen and oxygen atoms in total. The number of nitrogens with zero attached hydrogens (tertiary/aromatic N) is 2. The van der Waals surface area contributed by atoms with Crippen LogP contribution in [0.3, 0.4) is 0 Å². The minimum Gasteiger partial charge on any atom is -0.497 e. The molecule has 0 unspecified atom stereocenters. The molecule has 9 heteroatoms. The van der Waals surface area contributed by atoms with Gasteiger partial charge in [-0.2, -0.15) is 4.99 Å². The van der Waals surface area contributed by atoms with Gasteiger partial charge in [0.05, 0.1) is 43.9 Å². The zero-order valence-electron chi connectivity index (χ0n) is 17.6. The van der Waals surface area contributed by atoms with Gasteiger partial charge >= 0.3 is 0 Å². The first-order chi connectivity index (χ1) is 14.8. The summed E-state index contributed by atoms with van der Waals surface area (Å²) in [6.45, 7) is 1.98. The summed E-state index contributed by atoms with van der Waals surface area (Å²) in [6, 6.07) is 12.8. The minimum absolute atomic E-state index is 0.0188. The normalized spacial score (nSPS) is 23.1. The number of methoxy groups -OCH3 is 2. The number of benzene rings is 2. The topological polar surface area (TPSA) is 85.3 Å². The predicted molar refractivity (Wildman–Crippen MR) is 123 cm³/mol. The van der Waals surface area contributed by atoms with Crippen molar-refractivity contribution in [1.29, 1.82) is 0 Å². The fraction of sp³-hybridized carbons (Fsp3) is 0.364. The molecule has 2 aromatic rings. The van der Waals surface area contributed by atoms with E-state index in [1.54, 1.807) is 26.4 Å². The van der Waals surface area contributed by atoms with Crippen LogP contribution in [0.15, 0.2) is 47.5 Å². The van der Waals surface area contributed by atoms with E-state index in [0.717, 1.165) is 11.1 Å². The van der Waals surface area contributed by atoms with Crippen LogP contribution in [0, 0.1) is 6.92 Å². The summed E-state index contributed by atoms with van der Waals surface area (Å²) >= 11 is 1.35. The Hall–Kier alpha value is -2.52. The second-order valence-electron chi connectivity index (χ2n) is 7.66. The number of aliphatic imine (C=N–C) groups is 1. The standard InChI is InChI=1S/C22H24N2O5S2/c1-14-5-4-6-15(9-14)10-21(25)23-22-24(18-12-31(26,27)13-20(18)30-22)17-8-7-16(28-2)11-19(17)29-3/h4-9,11,18,20H,10,12-13H2,1-3H3/t18-,20+/m1/s1. The van der Waals surface area contributed by atoms with Crippen LogP contribution in [0.1, 0.15) is 11.1 Å². The lowest BCUT2D eigenvalue weighted by atomic mass is 10.1. The van der Waals surface area contributed by atoms with Gasteiger partial charge in [-0.15, -0.1) is 0 Å². The van der Waals surface area contributed by atoms with E-state index in [1.807, 2.05) is 42.2 Å². The van der Waals surface area contributed by atoms with E-state index < -0.39 is 9.84 Å². The van der Waals surface area contributed by atoms with E-state index in [9.17, 15) is 13.2 Å². The fourth-order valence-corrected chi connectivity index (χ4v) is 7.90. The van der Waals surface area contributed by atoms with Crippen molar-refractivity contribution in [2.45, 2.75) is 24.6 Å². The number of hydrogen-bond donors (Lipinski definition) is 0. The maximum Gasteiger partial charge on any atom is 0.252 e. The summed E-state index contributed by atoms with van der Waals surface area (Å²) in [5.74, 6) is 0.974. The molecule has 0 radical (unpaired) electrons. The highest BCUT2D eigenvalue weighted by molar-refractivity contribution is 8.16. The number of aryl methyl sites for hydroxylation is 1. The van der Waals surface area contributed by atoms with E-state index >= 15 is 0 Å². The van der Waals surface area contributed by atoms with Gasteiger partial charge in [-0.25, -0.2) is 8.42 Å². The van der Waals surface area contributed by atoms with Crippen LogP contribution in [0.25, 0.3) is 0 Å². The fourth-order valence-electron chi connectivity index (χ4n) is 3.97. The molecule has 0 bridgehead atoms. The molecule has 2 aliphatic rings. The number of thioether (sulfide) groups is 1. The summed E-state index contributed by atoms with van der Waals surface area (Å²) in [5.41, 5.74) is 2.65. The van der Waals surface area contributed by atoms with E-state index in [2.05, 4.69) is 4.99 Å². The number of amides is 1. The van der Waals surface area contributed by atoms with Crippen molar-refractivity contribution in [2.24, 2.45) is 4.99 Å². The van der Waals surface area contributed by atoms with Gasteiger partial charge in [0.15, 0.2) is 15.0 Å². The van der Waals surface area contributed by atoms with Gasteiger partial charge in [0, 0.05) is 11.3 Å². The molecular formula is C22H24N2O5S2. The van der Waals surface area contributed by atoms with Crippen LogP contribution in [-0.4, -0.2) is 56.5 Å².